The summed E-state index contributed by atoms with van der Waals surface area (Å²) < 4.78 is 24.5. The molecule has 1 heterocycles. The van der Waals surface area contributed by atoms with Crippen LogP contribution in [0.3, 0.4) is 0 Å². The zero-order chi connectivity index (χ0) is 22.8. The third kappa shape index (κ3) is 5.09. The molecular weight excluding hydrogens is 417 g/mol. The molecule has 5 rings (SSSR count). The van der Waals surface area contributed by atoms with E-state index in [1.54, 1.807) is 12.1 Å². The van der Waals surface area contributed by atoms with Gasteiger partial charge in [-0.15, -0.1) is 0 Å². The molecule has 170 valence electrons. The molecule has 4 nitrogen and oxygen atoms in total. The Labute approximate surface area is 193 Å². The zero-order valence-electron chi connectivity index (χ0n) is 18.8. The fourth-order valence-corrected chi connectivity index (χ4v) is 4.07. The van der Waals surface area contributed by atoms with E-state index in [0.717, 1.165) is 48.5 Å². The predicted octanol–water partition coefficient (Wildman–Crippen LogP) is 5.71. The van der Waals surface area contributed by atoms with Crippen LogP contribution >= 0.6 is 0 Å². The second-order valence-corrected chi connectivity index (χ2v) is 9.49. The van der Waals surface area contributed by atoms with Crippen LogP contribution in [0.25, 0.3) is 11.1 Å². The molecule has 0 atom stereocenters. The van der Waals surface area contributed by atoms with Crippen LogP contribution in [-0.4, -0.2) is 36.7 Å². The SMILES string of the molecule is CC1(COc2ccc(CN(C(=O)c3cccc(-c4ccc(F)cc4)c3)C3CC3)cc2)COC1. The maximum atomic E-state index is 13.4. The first-order valence-electron chi connectivity index (χ1n) is 11.5. The molecule has 3 aromatic rings. The smallest absolute Gasteiger partial charge is 0.254 e. The van der Waals surface area contributed by atoms with Crippen LogP contribution in [0.5, 0.6) is 5.75 Å². The lowest BCUT2D eigenvalue weighted by molar-refractivity contribution is -0.120. The van der Waals surface area contributed by atoms with Crippen LogP contribution in [0.4, 0.5) is 4.39 Å². The molecule has 0 N–H and O–H groups in total. The van der Waals surface area contributed by atoms with Crippen molar-refractivity contribution in [3.05, 3.63) is 89.7 Å². The van der Waals surface area contributed by atoms with Crippen molar-refractivity contribution >= 4 is 5.91 Å². The summed E-state index contributed by atoms with van der Waals surface area (Å²) in [4.78, 5) is 15.4. The molecule has 3 aromatic carbocycles. The zero-order valence-corrected chi connectivity index (χ0v) is 18.8. The predicted molar refractivity (Wildman–Crippen MR) is 126 cm³/mol. The summed E-state index contributed by atoms with van der Waals surface area (Å²) in [5.41, 5.74) is 3.64. The maximum absolute atomic E-state index is 13.4. The van der Waals surface area contributed by atoms with Gasteiger partial charge in [0.25, 0.3) is 5.91 Å². The molecule has 33 heavy (non-hydrogen) atoms. The molecule has 0 unspecified atom stereocenters. The fraction of sp³-hybridized carbons (Fsp3) is 0.321. The third-order valence-electron chi connectivity index (χ3n) is 6.30. The lowest BCUT2D eigenvalue weighted by atomic mass is 9.90. The standard InChI is InChI=1S/C28H28FNO3/c1-28(17-32-18-28)19-33-26-13-5-20(6-14-26)16-30(25-11-12-25)27(31)23-4-2-3-22(15-23)21-7-9-24(29)10-8-21/h2-10,13-15,25H,11-12,16-19H2,1H3. The Balaban J connectivity index is 1.28. The van der Waals surface area contributed by atoms with Gasteiger partial charge in [0.05, 0.1) is 19.8 Å². The normalized spacial score (nSPS) is 16.7. The number of rotatable bonds is 8. The minimum absolute atomic E-state index is 0.0275. The van der Waals surface area contributed by atoms with E-state index >= 15 is 0 Å². The molecule has 5 heteroatoms. The van der Waals surface area contributed by atoms with Crippen molar-refractivity contribution in [1.29, 1.82) is 0 Å². The van der Waals surface area contributed by atoms with Crippen molar-refractivity contribution in [2.75, 3.05) is 19.8 Å². The highest BCUT2D eigenvalue weighted by Crippen LogP contribution is 2.32. The molecule has 2 fully saturated rings. The van der Waals surface area contributed by atoms with E-state index in [0.29, 0.717) is 18.7 Å². The van der Waals surface area contributed by atoms with Gasteiger partial charge in [0.15, 0.2) is 0 Å². The average molecular weight is 446 g/mol. The highest BCUT2D eigenvalue weighted by Gasteiger charge is 2.34. The molecule has 0 radical (unpaired) electrons. The molecule has 2 aliphatic rings. The van der Waals surface area contributed by atoms with Crippen molar-refractivity contribution in [3.63, 3.8) is 0 Å². The van der Waals surface area contributed by atoms with E-state index in [4.69, 9.17) is 9.47 Å². The van der Waals surface area contributed by atoms with Crippen molar-refractivity contribution in [3.8, 4) is 16.9 Å². The lowest BCUT2D eigenvalue weighted by Crippen LogP contribution is -2.44. The summed E-state index contributed by atoms with van der Waals surface area (Å²) in [6.45, 7) is 4.85. The lowest BCUT2D eigenvalue weighted by Gasteiger charge is -2.37. The highest BCUT2D eigenvalue weighted by molar-refractivity contribution is 5.95. The van der Waals surface area contributed by atoms with Gasteiger partial charge < -0.3 is 14.4 Å². The van der Waals surface area contributed by atoms with Crippen molar-refractivity contribution in [2.24, 2.45) is 5.41 Å². The van der Waals surface area contributed by atoms with E-state index in [9.17, 15) is 9.18 Å². The quantitative estimate of drug-likeness (QED) is 0.446. The number of nitrogens with zero attached hydrogens (tertiary/aromatic N) is 1. The first kappa shape index (κ1) is 21.7. The Bertz CT molecular complexity index is 1120. The molecule has 1 aliphatic heterocycles. The van der Waals surface area contributed by atoms with Crippen LogP contribution in [0, 0.1) is 11.2 Å². The van der Waals surface area contributed by atoms with Crippen LogP contribution in [0.2, 0.25) is 0 Å². The summed E-state index contributed by atoms with van der Waals surface area (Å²) in [7, 11) is 0. The van der Waals surface area contributed by atoms with Crippen molar-refractivity contribution in [2.45, 2.75) is 32.4 Å². The average Bonchev–Trinajstić information content (AvgIpc) is 3.66. The Kier molecular flexibility index (Phi) is 5.90. The van der Waals surface area contributed by atoms with Gasteiger partial charge in [-0.3, -0.25) is 4.79 Å². The van der Waals surface area contributed by atoms with Crippen molar-refractivity contribution in [1.82, 2.24) is 4.90 Å². The molecule has 0 aromatic heterocycles. The number of benzene rings is 3. The number of carbonyl (C=O) groups excluding carboxylic acids is 1. The van der Waals surface area contributed by atoms with E-state index in [2.05, 4.69) is 6.92 Å². The first-order valence-corrected chi connectivity index (χ1v) is 11.5. The van der Waals surface area contributed by atoms with Gasteiger partial charge in [0, 0.05) is 23.6 Å². The number of amides is 1. The van der Waals surface area contributed by atoms with Gasteiger partial charge in [-0.2, -0.15) is 0 Å². The van der Waals surface area contributed by atoms with Gasteiger partial charge in [-0.05, 0) is 65.9 Å². The molecule has 1 saturated carbocycles. The van der Waals surface area contributed by atoms with Crippen molar-refractivity contribution < 1.29 is 18.7 Å². The van der Waals surface area contributed by atoms with Gasteiger partial charge in [0.1, 0.15) is 11.6 Å². The third-order valence-corrected chi connectivity index (χ3v) is 6.30. The molecule has 1 amide bonds. The second kappa shape index (κ2) is 8.99. The number of halogens is 1. The number of hydrogen-bond acceptors (Lipinski definition) is 3. The highest BCUT2D eigenvalue weighted by atomic mass is 19.1. The molecular formula is C28H28FNO3. The van der Waals surface area contributed by atoms with E-state index in [1.165, 1.54) is 12.1 Å². The Morgan fingerprint density at radius 3 is 2.39 bits per heavy atom. The molecule has 1 aliphatic carbocycles. The summed E-state index contributed by atoms with van der Waals surface area (Å²) in [6.07, 6.45) is 2.07. The minimum atomic E-state index is -0.270. The van der Waals surface area contributed by atoms with Gasteiger partial charge >= 0.3 is 0 Å². The summed E-state index contributed by atoms with van der Waals surface area (Å²) in [6, 6.07) is 22.2. The van der Waals surface area contributed by atoms with Crippen LogP contribution in [-0.2, 0) is 11.3 Å². The number of ether oxygens (including phenoxy) is 2. The summed E-state index contributed by atoms with van der Waals surface area (Å²) >= 11 is 0. The topological polar surface area (TPSA) is 38.8 Å². The molecule has 1 saturated heterocycles. The maximum Gasteiger partial charge on any atom is 0.254 e. The second-order valence-electron chi connectivity index (χ2n) is 9.49. The number of carbonyl (C=O) groups is 1. The largest absolute Gasteiger partial charge is 0.493 e. The molecule has 0 bridgehead atoms. The van der Waals surface area contributed by atoms with Gasteiger partial charge in [0.2, 0.25) is 0 Å². The van der Waals surface area contributed by atoms with Crippen LogP contribution in [0.1, 0.15) is 35.7 Å². The first-order chi connectivity index (χ1) is 16.0. The minimum Gasteiger partial charge on any atom is -0.493 e. The monoisotopic (exact) mass is 445 g/mol. The molecule has 0 spiro atoms. The fourth-order valence-electron chi connectivity index (χ4n) is 4.07. The summed E-state index contributed by atoms with van der Waals surface area (Å²) in [5, 5.41) is 0. The Hall–Kier alpha value is -3.18. The van der Waals surface area contributed by atoms with Crippen LogP contribution in [0.15, 0.2) is 72.8 Å². The van der Waals surface area contributed by atoms with E-state index < -0.39 is 0 Å². The van der Waals surface area contributed by atoms with Gasteiger partial charge in [-0.25, -0.2) is 4.39 Å². The van der Waals surface area contributed by atoms with Crippen LogP contribution < -0.4 is 4.74 Å². The van der Waals surface area contributed by atoms with E-state index in [1.807, 2.05) is 53.4 Å². The Morgan fingerprint density at radius 2 is 1.76 bits per heavy atom. The Morgan fingerprint density at radius 1 is 1.03 bits per heavy atom. The van der Waals surface area contributed by atoms with Gasteiger partial charge in [-0.1, -0.05) is 43.3 Å². The summed E-state index contributed by atoms with van der Waals surface area (Å²) in [5.74, 6) is 0.594. The van der Waals surface area contributed by atoms with E-state index in [-0.39, 0.29) is 23.2 Å². The number of hydrogen-bond donors (Lipinski definition) is 0.